The molecule has 2 N–H and O–H groups in total. The van der Waals surface area contributed by atoms with Crippen molar-refractivity contribution in [2.45, 2.75) is 25.9 Å². The third-order valence-corrected chi connectivity index (χ3v) is 3.05. The van der Waals surface area contributed by atoms with Gasteiger partial charge in [-0.25, -0.2) is 0 Å². The highest BCUT2D eigenvalue weighted by atomic mass is 35.5. The molecule has 0 saturated carbocycles. The largest absolute Gasteiger partial charge is 0.383 e. The van der Waals surface area contributed by atoms with Crippen LogP contribution in [0.1, 0.15) is 13.8 Å². The van der Waals surface area contributed by atoms with Gasteiger partial charge in [-0.05, 0) is 13.8 Å². The maximum atomic E-state index is 11.7. The molecule has 2 atom stereocenters. The van der Waals surface area contributed by atoms with E-state index in [1.165, 1.54) is 0 Å². The van der Waals surface area contributed by atoms with Crippen LogP contribution in [-0.2, 0) is 9.53 Å². The van der Waals surface area contributed by atoms with E-state index in [4.69, 9.17) is 10.5 Å². The van der Waals surface area contributed by atoms with Gasteiger partial charge in [0, 0.05) is 39.3 Å². The third-order valence-electron chi connectivity index (χ3n) is 3.05. The topological polar surface area (TPSA) is 58.8 Å². The lowest BCUT2D eigenvalue weighted by atomic mass is 10.1. The normalized spacial score (nSPS) is 23.1. The molecule has 5 nitrogen and oxygen atoms in total. The van der Waals surface area contributed by atoms with Crippen molar-refractivity contribution in [3.8, 4) is 0 Å². The van der Waals surface area contributed by atoms with Gasteiger partial charge in [0.05, 0.1) is 12.6 Å². The quantitative estimate of drug-likeness (QED) is 0.774. The minimum absolute atomic E-state index is 0. The molecule has 1 saturated heterocycles. The van der Waals surface area contributed by atoms with E-state index in [1.807, 2.05) is 4.90 Å². The Balaban J connectivity index is 0.00000256. The van der Waals surface area contributed by atoms with E-state index in [-0.39, 0.29) is 18.3 Å². The molecular formula is C11H24ClN3O2. The summed E-state index contributed by atoms with van der Waals surface area (Å²) < 4.78 is 5.06. The van der Waals surface area contributed by atoms with Crippen LogP contribution in [0.3, 0.4) is 0 Å². The molecule has 1 rings (SSSR count). The summed E-state index contributed by atoms with van der Waals surface area (Å²) in [5, 5.41) is 0. The number of nitrogens with two attached hydrogens (primary N) is 1. The summed E-state index contributed by atoms with van der Waals surface area (Å²) in [6.07, 6.45) is 0. The van der Waals surface area contributed by atoms with Crippen molar-refractivity contribution in [2.24, 2.45) is 5.73 Å². The first kappa shape index (κ1) is 16.6. The number of ether oxygens (including phenoxy) is 1. The lowest BCUT2D eigenvalue weighted by molar-refractivity contribution is -0.135. The van der Waals surface area contributed by atoms with Crippen LogP contribution >= 0.6 is 12.4 Å². The van der Waals surface area contributed by atoms with E-state index in [0.717, 1.165) is 32.8 Å². The van der Waals surface area contributed by atoms with E-state index in [2.05, 4.69) is 11.8 Å². The molecule has 17 heavy (non-hydrogen) atoms. The van der Waals surface area contributed by atoms with Gasteiger partial charge in [-0.3, -0.25) is 9.69 Å². The van der Waals surface area contributed by atoms with Gasteiger partial charge >= 0.3 is 0 Å². The Morgan fingerprint density at radius 1 is 1.53 bits per heavy atom. The van der Waals surface area contributed by atoms with E-state index < -0.39 is 6.04 Å². The van der Waals surface area contributed by atoms with Crippen LogP contribution in [0.2, 0.25) is 0 Å². The molecule has 6 heteroatoms. The molecule has 1 fully saturated rings. The lowest BCUT2D eigenvalue weighted by Crippen LogP contribution is -2.56. The number of hydrogen-bond donors (Lipinski definition) is 1. The first-order chi connectivity index (χ1) is 7.56. The summed E-state index contributed by atoms with van der Waals surface area (Å²) >= 11 is 0. The molecule has 1 aliphatic heterocycles. The van der Waals surface area contributed by atoms with Gasteiger partial charge < -0.3 is 15.4 Å². The second-order valence-corrected chi connectivity index (χ2v) is 4.45. The molecular weight excluding hydrogens is 242 g/mol. The Kier molecular flexibility index (Phi) is 7.70. The average molecular weight is 266 g/mol. The number of nitrogens with zero attached hydrogens (tertiary/aromatic N) is 2. The molecule has 0 spiro atoms. The number of piperazine rings is 1. The molecule has 0 aromatic heterocycles. The van der Waals surface area contributed by atoms with E-state index in [1.54, 1.807) is 14.0 Å². The minimum atomic E-state index is -0.391. The van der Waals surface area contributed by atoms with Crippen molar-refractivity contribution in [1.29, 1.82) is 0 Å². The zero-order valence-electron chi connectivity index (χ0n) is 10.9. The number of amides is 1. The fourth-order valence-corrected chi connectivity index (χ4v) is 2.02. The highest BCUT2D eigenvalue weighted by molar-refractivity contribution is 5.85. The van der Waals surface area contributed by atoms with Crippen LogP contribution in [0.5, 0.6) is 0 Å². The second-order valence-electron chi connectivity index (χ2n) is 4.45. The summed E-state index contributed by atoms with van der Waals surface area (Å²) in [6, 6.07) is -0.00988. The summed E-state index contributed by atoms with van der Waals surface area (Å²) in [7, 11) is 1.71. The molecule has 0 aromatic rings. The smallest absolute Gasteiger partial charge is 0.239 e. The molecule has 1 aliphatic rings. The van der Waals surface area contributed by atoms with Crippen LogP contribution < -0.4 is 5.73 Å². The van der Waals surface area contributed by atoms with E-state index in [0.29, 0.717) is 6.04 Å². The number of hydrogen-bond acceptors (Lipinski definition) is 4. The van der Waals surface area contributed by atoms with Crippen molar-refractivity contribution in [3.63, 3.8) is 0 Å². The Labute approximate surface area is 110 Å². The van der Waals surface area contributed by atoms with Crippen molar-refractivity contribution < 1.29 is 9.53 Å². The second kappa shape index (κ2) is 7.87. The SMILES string of the molecule is COCCN1CCN(C(=O)C(C)N)CC1C.Cl. The zero-order valence-corrected chi connectivity index (χ0v) is 11.7. The van der Waals surface area contributed by atoms with Gasteiger partial charge in [0.25, 0.3) is 0 Å². The molecule has 0 aromatic carbocycles. The third kappa shape index (κ3) is 4.79. The van der Waals surface area contributed by atoms with E-state index in [9.17, 15) is 4.79 Å². The maximum absolute atomic E-state index is 11.7. The van der Waals surface area contributed by atoms with Gasteiger partial charge in [0.2, 0.25) is 5.91 Å². The van der Waals surface area contributed by atoms with Crippen molar-refractivity contribution in [3.05, 3.63) is 0 Å². The van der Waals surface area contributed by atoms with Gasteiger partial charge in [-0.15, -0.1) is 12.4 Å². The first-order valence-corrected chi connectivity index (χ1v) is 5.83. The van der Waals surface area contributed by atoms with Crippen LogP contribution in [0.25, 0.3) is 0 Å². The average Bonchev–Trinajstić information content (AvgIpc) is 2.26. The van der Waals surface area contributed by atoms with Gasteiger partial charge in [0.1, 0.15) is 0 Å². The maximum Gasteiger partial charge on any atom is 0.239 e. The van der Waals surface area contributed by atoms with Crippen molar-refractivity contribution in [1.82, 2.24) is 9.80 Å². The Bertz CT molecular complexity index is 239. The Morgan fingerprint density at radius 3 is 2.65 bits per heavy atom. The number of carbonyl (C=O) groups is 1. The van der Waals surface area contributed by atoms with Crippen LogP contribution in [0.4, 0.5) is 0 Å². The van der Waals surface area contributed by atoms with Gasteiger partial charge in [0.15, 0.2) is 0 Å². The van der Waals surface area contributed by atoms with Crippen LogP contribution in [0.15, 0.2) is 0 Å². The summed E-state index contributed by atoms with van der Waals surface area (Å²) in [6.45, 7) is 7.99. The van der Waals surface area contributed by atoms with Crippen LogP contribution in [0, 0.1) is 0 Å². The highest BCUT2D eigenvalue weighted by Crippen LogP contribution is 2.09. The fourth-order valence-electron chi connectivity index (χ4n) is 2.02. The monoisotopic (exact) mass is 265 g/mol. The van der Waals surface area contributed by atoms with Crippen LogP contribution in [-0.4, -0.2) is 67.7 Å². The molecule has 1 heterocycles. The fraction of sp³-hybridized carbons (Fsp3) is 0.909. The van der Waals surface area contributed by atoms with Crippen molar-refractivity contribution in [2.75, 3.05) is 39.9 Å². The van der Waals surface area contributed by atoms with Gasteiger partial charge in [-0.1, -0.05) is 0 Å². The molecule has 0 radical (unpaired) electrons. The summed E-state index contributed by atoms with van der Waals surface area (Å²) in [5.41, 5.74) is 5.60. The highest BCUT2D eigenvalue weighted by Gasteiger charge is 2.27. The molecule has 2 unspecified atom stereocenters. The molecule has 1 amide bonds. The molecule has 0 bridgehead atoms. The number of carbonyl (C=O) groups excluding carboxylic acids is 1. The predicted molar refractivity (Wildman–Crippen MR) is 70.4 cm³/mol. The summed E-state index contributed by atoms with van der Waals surface area (Å²) in [4.78, 5) is 15.9. The predicted octanol–water partition coefficient (Wildman–Crippen LogP) is -0.0655. The number of rotatable bonds is 4. The summed E-state index contributed by atoms with van der Waals surface area (Å²) in [5.74, 6) is 0.0539. The minimum Gasteiger partial charge on any atom is -0.383 e. The van der Waals surface area contributed by atoms with Crippen molar-refractivity contribution >= 4 is 18.3 Å². The first-order valence-electron chi connectivity index (χ1n) is 5.83. The number of methoxy groups -OCH3 is 1. The van der Waals surface area contributed by atoms with Gasteiger partial charge in [-0.2, -0.15) is 0 Å². The zero-order chi connectivity index (χ0) is 12.1. The molecule has 102 valence electrons. The molecule has 0 aliphatic carbocycles. The lowest BCUT2D eigenvalue weighted by Gasteiger charge is -2.40. The number of halogens is 1. The Hall–Kier alpha value is -0.360. The van der Waals surface area contributed by atoms with E-state index >= 15 is 0 Å². The Morgan fingerprint density at radius 2 is 2.18 bits per heavy atom. The standard InChI is InChI=1S/C11H23N3O2.ClH/c1-9-8-14(11(15)10(2)12)5-4-13(9)6-7-16-3;/h9-10H,4-8,12H2,1-3H3;1H.